The van der Waals surface area contributed by atoms with E-state index in [0.29, 0.717) is 6.42 Å². The largest absolute Gasteiger partial charge is 0.726 e. The second-order valence-electron chi connectivity index (χ2n) is 8.38. The van der Waals surface area contributed by atoms with Gasteiger partial charge in [0.15, 0.2) is 5.71 Å². The Labute approximate surface area is 196 Å². The summed E-state index contributed by atoms with van der Waals surface area (Å²) in [6.07, 6.45) is 5.04. The van der Waals surface area contributed by atoms with E-state index in [9.17, 15) is 0 Å². The van der Waals surface area contributed by atoms with Crippen LogP contribution in [0.5, 0.6) is 0 Å². The number of hydrogen-bond acceptors (Lipinski definition) is 5. The van der Waals surface area contributed by atoms with Crippen molar-refractivity contribution in [3.63, 3.8) is 0 Å². The van der Waals surface area contributed by atoms with Gasteiger partial charge < -0.3 is 9.45 Å². The van der Waals surface area contributed by atoms with Crippen molar-refractivity contribution in [3.05, 3.63) is 65.2 Å². The van der Waals surface area contributed by atoms with E-state index in [1.165, 1.54) is 33.8 Å². The zero-order valence-corrected chi connectivity index (χ0v) is 20.6. The summed E-state index contributed by atoms with van der Waals surface area (Å²) in [5.74, 6) is 0. The molecule has 0 aliphatic carbocycles. The molecule has 0 radical (unpaired) electrons. The Morgan fingerprint density at radius 3 is 2.39 bits per heavy atom. The fourth-order valence-corrected chi connectivity index (χ4v) is 4.17. The third kappa shape index (κ3) is 6.75. The van der Waals surface area contributed by atoms with Gasteiger partial charge in [-0.05, 0) is 57.0 Å². The molecule has 0 amide bonds. The van der Waals surface area contributed by atoms with Crippen molar-refractivity contribution in [3.8, 4) is 6.07 Å². The van der Waals surface area contributed by atoms with Gasteiger partial charge >= 0.3 is 0 Å². The highest BCUT2D eigenvalue weighted by Crippen LogP contribution is 2.39. The van der Waals surface area contributed by atoms with Gasteiger partial charge in [-0.1, -0.05) is 24.3 Å². The topological polar surface area (TPSA) is 107 Å². The van der Waals surface area contributed by atoms with Crippen LogP contribution in [0.15, 0.2) is 48.5 Å². The summed E-state index contributed by atoms with van der Waals surface area (Å²) >= 11 is 0. The number of fused-ring (bicyclic) bond motifs is 1. The number of nitriles is 1. The molecule has 2 aromatic carbocycles. The Bertz CT molecular complexity index is 1200. The Kier molecular flexibility index (Phi) is 8.56. The predicted molar refractivity (Wildman–Crippen MR) is 131 cm³/mol. The highest BCUT2D eigenvalue weighted by Gasteiger charge is 2.42. The van der Waals surface area contributed by atoms with Crippen LogP contribution in [0.3, 0.4) is 0 Å². The summed E-state index contributed by atoms with van der Waals surface area (Å²) in [7, 11) is -2.77. The molecule has 0 spiro atoms. The maximum Gasteiger partial charge on any atom is 0.215 e. The SMILES string of the molecule is CCN(CCC#N)c1ccc(C=CC2=[N+](C)c3ccccc3C2(C)C)c(C)c1.O=S(=O)([O-])O. The van der Waals surface area contributed by atoms with Crippen LogP contribution in [0.4, 0.5) is 11.4 Å². The van der Waals surface area contributed by atoms with Crippen molar-refractivity contribution in [1.82, 2.24) is 0 Å². The first-order chi connectivity index (χ1) is 15.4. The van der Waals surface area contributed by atoms with Gasteiger partial charge in [-0.15, -0.1) is 0 Å². The Morgan fingerprint density at radius 2 is 1.85 bits per heavy atom. The zero-order chi connectivity index (χ0) is 24.8. The van der Waals surface area contributed by atoms with Crippen molar-refractivity contribution in [2.45, 2.75) is 39.5 Å². The van der Waals surface area contributed by atoms with Gasteiger partial charge in [0.2, 0.25) is 16.1 Å². The predicted octanol–water partition coefficient (Wildman–Crippen LogP) is 4.46. The Hall–Kier alpha value is -2.99. The van der Waals surface area contributed by atoms with E-state index in [0.717, 1.165) is 13.1 Å². The van der Waals surface area contributed by atoms with E-state index in [1.54, 1.807) is 0 Å². The fourth-order valence-electron chi connectivity index (χ4n) is 4.17. The number of para-hydroxylation sites is 1. The number of rotatable bonds is 6. The molecule has 0 saturated heterocycles. The van der Waals surface area contributed by atoms with Crippen LogP contribution in [0.2, 0.25) is 0 Å². The number of nitrogens with zero attached hydrogens (tertiary/aromatic N) is 3. The molecule has 33 heavy (non-hydrogen) atoms. The summed E-state index contributed by atoms with van der Waals surface area (Å²) in [4.78, 5) is 2.25. The molecule has 0 fully saturated rings. The second-order valence-corrected chi connectivity index (χ2v) is 9.23. The standard InChI is InChI=1S/C25H30N3.H2O4S/c1-6-28(17-9-16-26)21-14-12-20(19(2)18-21)13-15-24-25(3,4)22-10-7-8-11-23(22)27(24)5;1-5(2,3)4/h7-8,10-15,18H,6,9,17H2,1-5H3;(H2,1,2,3,4)/q+1;/p-1. The molecule has 7 nitrogen and oxygen atoms in total. The third-order valence-electron chi connectivity index (χ3n) is 5.85. The number of allylic oxidation sites excluding steroid dienone is 1. The molecule has 1 N–H and O–H groups in total. The number of anilines is 1. The van der Waals surface area contributed by atoms with E-state index >= 15 is 0 Å². The van der Waals surface area contributed by atoms with Gasteiger partial charge in [0.1, 0.15) is 7.05 Å². The van der Waals surface area contributed by atoms with Crippen LogP contribution in [0.25, 0.3) is 6.08 Å². The Morgan fingerprint density at radius 1 is 1.21 bits per heavy atom. The Balaban J connectivity index is 0.000000696. The van der Waals surface area contributed by atoms with Gasteiger partial charge in [-0.25, -0.2) is 8.42 Å². The highest BCUT2D eigenvalue weighted by atomic mass is 32.3. The molecule has 2 aromatic rings. The number of aryl methyl sites for hydroxylation is 1. The zero-order valence-electron chi connectivity index (χ0n) is 19.7. The summed E-state index contributed by atoms with van der Waals surface area (Å²) in [5, 5.41) is 8.87. The lowest BCUT2D eigenvalue weighted by molar-refractivity contribution is -0.401. The summed E-state index contributed by atoms with van der Waals surface area (Å²) < 4.78 is 35.1. The van der Waals surface area contributed by atoms with Crippen LogP contribution in [-0.4, -0.2) is 47.9 Å². The van der Waals surface area contributed by atoms with Crippen LogP contribution in [0.1, 0.15) is 43.9 Å². The molecule has 0 aromatic heterocycles. The first kappa shape index (κ1) is 26.3. The van der Waals surface area contributed by atoms with Crippen molar-refractivity contribution >= 4 is 33.6 Å². The minimum Gasteiger partial charge on any atom is -0.726 e. The first-order valence-electron chi connectivity index (χ1n) is 10.7. The van der Waals surface area contributed by atoms with Crippen molar-refractivity contribution < 1.29 is 22.1 Å². The van der Waals surface area contributed by atoms with Crippen molar-refractivity contribution in [2.75, 3.05) is 25.0 Å². The van der Waals surface area contributed by atoms with Gasteiger partial charge in [-0.2, -0.15) is 9.84 Å². The van der Waals surface area contributed by atoms with Crippen LogP contribution in [-0.2, 0) is 15.8 Å². The summed E-state index contributed by atoms with van der Waals surface area (Å²) in [6.45, 7) is 10.6. The molecule has 176 valence electrons. The molecule has 0 bridgehead atoms. The van der Waals surface area contributed by atoms with E-state index in [-0.39, 0.29) is 5.41 Å². The average molecular weight is 470 g/mol. The van der Waals surface area contributed by atoms with Gasteiger partial charge in [0.05, 0.1) is 17.9 Å². The number of hydrogen-bond donors (Lipinski definition) is 1. The fraction of sp³-hybridized carbons (Fsp3) is 0.360. The van der Waals surface area contributed by atoms with Gasteiger partial charge in [0, 0.05) is 36.5 Å². The summed E-state index contributed by atoms with van der Waals surface area (Å²) in [6, 6.07) is 17.5. The molecule has 3 rings (SSSR count). The minimum absolute atomic E-state index is 0.00794. The van der Waals surface area contributed by atoms with Crippen LogP contribution >= 0.6 is 0 Å². The normalized spacial score (nSPS) is 14.5. The maximum atomic E-state index is 8.87. The first-order valence-corrected chi connectivity index (χ1v) is 12.1. The molecular formula is C25H31N3O4S. The molecular weight excluding hydrogens is 438 g/mol. The second kappa shape index (κ2) is 10.8. The lowest BCUT2D eigenvalue weighted by Crippen LogP contribution is -2.26. The number of benzene rings is 2. The van der Waals surface area contributed by atoms with Crippen molar-refractivity contribution in [1.29, 1.82) is 5.26 Å². The van der Waals surface area contributed by atoms with Crippen molar-refractivity contribution in [2.24, 2.45) is 0 Å². The molecule has 0 saturated carbocycles. The quantitative estimate of drug-likeness (QED) is 0.380. The summed E-state index contributed by atoms with van der Waals surface area (Å²) in [5.41, 5.74) is 7.63. The molecule has 1 heterocycles. The van der Waals surface area contributed by atoms with Crippen LogP contribution < -0.4 is 4.90 Å². The monoisotopic (exact) mass is 469 g/mol. The highest BCUT2D eigenvalue weighted by molar-refractivity contribution is 7.79. The molecule has 1 aliphatic rings. The molecule has 1 aliphatic heterocycles. The van der Waals surface area contributed by atoms with E-state index in [1.807, 2.05) is 0 Å². The van der Waals surface area contributed by atoms with E-state index in [4.69, 9.17) is 22.8 Å². The molecule has 0 unspecified atom stereocenters. The van der Waals surface area contributed by atoms with Gasteiger partial charge in [-0.3, -0.25) is 4.55 Å². The lowest BCUT2D eigenvalue weighted by atomic mass is 9.81. The lowest BCUT2D eigenvalue weighted by Gasteiger charge is -2.22. The van der Waals surface area contributed by atoms with E-state index < -0.39 is 10.4 Å². The van der Waals surface area contributed by atoms with E-state index in [2.05, 4.69) is 105 Å². The smallest absolute Gasteiger partial charge is 0.215 e. The maximum absolute atomic E-state index is 8.87. The third-order valence-corrected chi connectivity index (χ3v) is 5.85. The van der Waals surface area contributed by atoms with Gasteiger partial charge in [0.25, 0.3) is 0 Å². The average Bonchev–Trinajstić information content (AvgIpc) is 2.93. The van der Waals surface area contributed by atoms with Crippen LogP contribution in [0, 0.1) is 18.3 Å². The molecule has 8 heteroatoms. The molecule has 0 atom stereocenters. The minimum atomic E-state index is -4.92.